The SMILES string of the molecule is C#CCN(CCC)S(=O)(=O)c1ccccc1C#N. The van der Waals surface area contributed by atoms with Gasteiger partial charge in [0.1, 0.15) is 6.07 Å². The van der Waals surface area contributed by atoms with Crippen molar-refractivity contribution < 1.29 is 8.42 Å². The van der Waals surface area contributed by atoms with E-state index in [1.807, 2.05) is 13.0 Å². The molecule has 0 N–H and O–H groups in total. The molecule has 0 aliphatic carbocycles. The van der Waals surface area contributed by atoms with E-state index in [0.717, 1.165) is 0 Å². The molecule has 1 rings (SSSR count). The van der Waals surface area contributed by atoms with Crippen LogP contribution < -0.4 is 0 Å². The van der Waals surface area contributed by atoms with Crippen LogP contribution in [-0.4, -0.2) is 25.8 Å². The van der Waals surface area contributed by atoms with E-state index in [1.165, 1.54) is 16.4 Å². The van der Waals surface area contributed by atoms with Gasteiger partial charge in [-0.15, -0.1) is 6.42 Å². The minimum atomic E-state index is -3.70. The molecule has 1 aromatic rings. The highest BCUT2D eigenvalue weighted by Crippen LogP contribution is 2.19. The second-order valence-corrected chi connectivity index (χ2v) is 5.56. The molecule has 0 fully saturated rings. The van der Waals surface area contributed by atoms with Crippen LogP contribution in [0.4, 0.5) is 0 Å². The number of nitriles is 1. The quantitative estimate of drug-likeness (QED) is 0.757. The summed E-state index contributed by atoms with van der Waals surface area (Å²) < 4.78 is 26.0. The highest BCUT2D eigenvalue weighted by atomic mass is 32.2. The molecule has 0 aliphatic heterocycles. The van der Waals surface area contributed by atoms with Crippen molar-refractivity contribution in [2.75, 3.05) is 13.1 Å². The Balaban J connectivity index is 3.28. The first-order valence-corrected chi connectivity index (χ1v) is 6.94. The predicted octanol–water partition coefficient (Wildman–Crippen LogP) is 1.59. The van der Waals surface area contributed by atoms with Gasteiger partial charge in [-0.2, -0.15) is 9.57 Å². The molecule has 18 heavy (non-hydrogen) atoms. The van der Waals surface area contributed by atoms with Crippen LogP contribution in [0.5, 0.6) is 0 Å². The molecule has 94 valence electrons. The molecule has 0 saturated carbocycles. The van der Waals surface area contributed by atoms with Crippen molar-refractivity contribution in [1.82, 2.24) is 4.31 Å². The molecule has 5 heteroatoms. The summed E-state index contributed by atoms with van der Waals surface area (Å²) in [6, 6.07) is 8.00. The third-order valence-electron chi connectivity index (χ3n) is 2.37. The first kappa shape index (κ1) is 14.2. The van der Waals surface area contributed by atoms with Crippen molar-refractivity contribution in [3.8, 4) is 18.4 Å². The average Bonchev–Trinajstić information content (AvgIpc) is 2.38. The topological polar surface area (TPSA) is 61.2 Å². The third kappa shape index (κ3) is 2.89. The van der Waals surface area contributed by atoms with E-state index < -0.39 is 10.0 Å². The molecule has 0 bridgehead atoms. The average molecular weight is 262 g/mol. The molecule has 4 nitrogen and oxygen atoms in total. The van der Waals surface area contributed by atoms with Crippen LogP contribution in [0.1, 0.15) is 18.9 Å². The molecule has 0 spiro atoms. The van der Waals surface area contributed by atoms with Gasteiger partial charge in [0.05, 0.1) is 17.0 Å². The monoisotopic (exact) mass is 262 g/mol. The van der Waals surface area contributed by atoms with Crippen LogP contribution in [-0.2, 0) is 10.0 Å². The molecule has 0 aliphatic rings. The van der Waals surface area contributed by atoms with E-state index in [0.29, 0.717) is 13.0 Å². The molecule has 0 unspecified atom stereocenters. The Bertz CT molecular complexity index is 594. The number of sulfonamides is 1. The smallest absolute Gasteiger partial charge is 0.207 e. The minimum Gasteiger partial charge on any atom is -0.207 e. The predicted molar refractivity (Wildman–Crippen MR) is 69.0 cm³/mol. The van der Waals surface area contributed by atoms with E-state index in [9.17, 15) is 8.42 Å². The van der Waals surface area contributed by atoms with Crippen molar-refractivity contribution in [2.24, 2.45) is 0 Å². The molecule has 0 aromatic heterocycles. The second-order valence-electron chi connectivity index (χ2n) is 3.65. The van der Waals surface area contributed by atoms with Gasteiger partial charge in [-0.05, 0) is 18.6 Å². The molecule has 0 atom stereocenters. The number of benzene rings is 1. The summed E-state index contributed by atoms with van der Waals surface area (Å²) in [6.45, 7) is 2.22. The van der Waals surface area contributed by atoms with Crippen molar-refractivity contribution in [3.05, 3.63) is 29.8 Å². The van der Waals surface area contributed by atoms with Crippen LogP contribution in [0.2, 0.25) is 0 Å². The first-order valence-electron chi connectivity index (χ1n) is 5.50. The normalized spacial score (nSPS) is 10.9. The Morgan fingerprint density at radius 1 is 1.39 bits per heavy atom. The molecule has 1 aromatic carbocycles. The third-order valence-corrected chi connectivity index (χ3v) is 4.27. The highest BCUT2D eigenvalue weighted by molar-refractivity contribution is 7.89. The molecular formula is C13H14N2O2S. The van der Waals surface area contributed by atoms with E-state index in [1.54, 1.807) is 12.1 Å². The first-order chi connectivity index (χ1) is 8.57. The van der Waals surface area contributed by atoms with Crippen LogP contribution in [0.25, 0.3) is 0 Å². The summed E-state index contributed by atoms with van der Waals surface area (Å²) in [4.78, 5) is 0.0104. The van der Waals surface area contributed by atoms with Crippen molar-refractivity contribution >= 4 is 10.0 Å². The Morgan fingerprint density at radius 2 is 2.06 bits per heavy atom. The Kier molecular flexibility index (Phi) is 4.91. The maximum absolute atomic E-state index is 12.4. The van der Waals surface area contributed by atoms with Gasteiger partial charge >= 0.3 is 0 Å². The number of hydrogen-bond donors (Lipinski definition) is 0. The van der Waals surface area contributed by atoms with Gasteiger partial charge in [0.2, 0.25) is 10.0 Å². The summed E-state index contributed by atoms with van der Waals surface area (Å²) in [7, 11) is -3.70. The summed E-state index contributed by atoms with van der Waals surface area (Å²) in [5.41, 5.74) is 0.135. The standard InChI is InChI=1S/C13H14N2O2S/c1-3-9-15(10-4-2)18(16,17)13-8-6-5-7-12(13)11-14/h1,5-8H,4,9-10H2,2H3. The maximum Gasteiger partial charge on any atom is 0.245 e. The summed E-state index contributed by atoms with van der Waals surface area (Å²) in [6.07, 6.45) is 5.85. The number of terminal acetylenes is 1. The summed E-state index contributed by atoms with van der Waals surface area (Å²) in [5, 5.41) is 8.95. The van der Waals surface area contributed by atoms with Crippen LogP contribution in [0, 0.1) is 23.7 Å². The van der Waals surface area contributed by atoms with Crippen molar-refractivity contribution in [2.45, 2.75) is 18.2 Å². The fourth-order valence-electron chi connectivity index (χ4n) is 1.56. The maximum atomic E-state index is 12.4. The molecule has 0 saturated heterocycles. The Morgan fingerprint density at radius 3 is 2.61 bits per heavy atom. The summed E-state index contributed by atoms with van der Waals surface area (Å²) >= 11 is 0. The van der Waals surface area contributed by atoms with Crippen LogP contribution in [0.15, 0.2) is 29.2 Å². The lowest BCUT2D eigenvalue weighted by Gasteiger charge is -2.19. The Hall–Kier alpha value is -1.82. The number of hydrogen-bond acceptors (Lipinski definition) is 3. The fourth-order valence-corrected chi connectivity index (χ4v) is 3.15. The molecule has 0 radical (unpaired) electrons. The van der Waals surface area contributed by atoms with Crippen molar-refractivity contribution in [1.29, 1.82) is 5.26 Å². The van der Waals surface area contributed by atoms with Crippen molar-refractivity contribution in [3.63, 3.8) is 0 Å². The highest BCUT2D eigenvalue weighted by Gasteiger charge is 2.25. The van der Waals surface area contributed by atoms with Gasteiger partial charge in [-0.1, -0.05) is 25.0 Å². The molecule has 0 amide bonds. The lowest BCUT2D eigenvalue weighted by Crippen LogP contribution is -2.32. The van der Waals surface area contributed by atoms with E-state index in [-0.39, 0.29) is 17.0 Å². The summed E-state index contributed by atoms with van der Waals surface area (Å²) in [5.74, 6) is 2.33. The second kappa shape index (κ2) is 6.20. The minimum absolute atomic E-state index is 0.00986. The van der Waals surface area contributed by atoms with Crippen LogP contribution in [0.3, 0.4) is 0 Å². The zero-order valence-corrected chi connectivity index (χ0v) is 10.9. The van der Waals surface area contributed by atoms with E-state index in [2.05, 4.69) is 5.92 Å². The molecular weight excluding hydrogens is 248 g/mol. The zero-order valence-electron chi connectivity index (χ0n) is 10.1. The zero-order chi connectivity index (χ0) is 13.6. The van der Waals surface area contributed by atoms with Gasteiger partial charge in [0.15, 0.2) is 0 Å². The van der Waals surface area contributed by atoms with Gasteiger partial charge < -0.3 is 0 Å². The van der Waals surface area contributed by atoms with Gasteiger partial charge in [0, 0.05) is 6.54 Å². The van der Waals surface area contributed by atoms with Gasteiger partial charge in [-0.3, -0.25) is 0 Å². The van der Waals surface area contributed by atoms with Gasteiger partial charge in [-0.25, -0.2) is 8.42 Å². The number of rotatable bonds is 5. The molecule has 0 heterocycles. The fraction of sp³-hybridized carbons (Fsp3) is 0.308. The lowest BCUT2D eigenvalue weighted by atomic mass is 10.2. The van der Waals surface area contributed by atoms with E-state index >= 15 is 0 Å². The van der Waals surface area contributed by atoms with Crippen LogP contribution >= 0.6 is 0 Å². The van der Waals surface area contributed by atoms with Gasteiger partial charge in [0.25, 0.3) is 0 Å². The largest absolute Gasteiger partial charge is 0.245 e. The number of nitrogens with zero attached hydrogens (tertiary/aromatic N) is 2. The van der Waals surface area contributed by atoms with E-state index in [4.69, 9.17) is 11.7 Å². The Labute approximate surface area is 108 Å². The lowest BCUT2D eigenvalue weighted by molar-refractivity contribution is 0.445.